The van der Waals surface area contributed by atoms with Crippen molar-refractivity contribution in [3.05, 3.63) is 35.9 Å². The fourth-order valence-electron chi connectivity index (χ4n) is 2.03. The van der Waals surface area contributed by atoms with E-state index in [9.17, 15) is 19.5 Å². The number of rotatable bonds is 8. The molecule has 2 amide bonds. The summed E-state index contributed by atoms with van der Waals surface area (Å²) in [5, 5.41) is 14.5. The fraction of sp³-hybridized carbons (Fsp3) is 0.471. The van der Waals surface area contributed by atoms with Crippen molar-refractivity contribution in [2.45, 2.75) is 45.1 Å². The Labute approximate surface area is 146 Å². The van der Waals surface area contributed by atoms with E-state index >= 15 is 0 Å². The quantitative estimate of drug-likeness (QED) is 0.594. The van der Waals surface area contributed by atoms with E-state index in [0.29, 0.717) is 6.42 Å². The highest BCUT2D eigenvalue weighted by molar-refractivity contribution is 5.90. The van der Waals surface area contributed by atoms with Crippen LogP contribution in [-0.4, -0.2) is 48.4 Å². The predicted octanol–water partition coefficient (Wildman–Crippen LogP) is 0.730. The maximum atomic E-state index is 12.2. The molecule has 1 rings (SSSR count). The zero-order valence-corrected chi connectivity index (χ0v) is 14.5. The molecular formula is C17H24N2O6. The predicted molar refractivity (Wildman–Crippen MR) is 89.5 cm³/mol. The van der Waals surface area contributed by atoms with Crippen LogP contribution in [0.25, 0.3) is 0 Å². The van der Waals surface area contributed by atoms with Gasteiger partial charge in [0, 0.05) is 0 Å². The minimum atomic E-state index is -1.26. The fourth-order valence-corrected chi connectivity index (χ4v) is 2.03. The second kappa shape index (κ2) is 10.3. The number of hydrogen-bond donors (Lipinski definition) is 3. The zero-order valence-electron chi connectivity index (χ0n) is 14.5. The van der Waals surface area contributed by atoms with Gasteiger partial charge in [0.2, 0.25) is 5.91 Å². The van der Waals surface area contributed by atoms with Crippen molar-refractivity contribution in [2.24, 2.45) is 0 Å². The first-order chi connectivity index (χ1) is 11.9. The van der Waals surface area contributed by atoms with Crippen LogP contribution in [0.5, 0.6) is 0 Å². The average molecular weight is 352 g/mol. The van der Waals surface area contributed by atoms with Crippen LogP contribution in [0.4, 0.5) is 4.79 Å². The van der Waals surface area contributed by atoms with Crippen molar-refractivity contribution in [3.63, 3.8) is 0 Å². The Bertz CT molecular complexity index is 576. The maximum Gasteiger partial charge on any atom is 0.408 e. The van der Waals surface area contributed by atoms with Gasteiger partial charge in [-0.25, -0.2) is 9.59 Å². The first kappa shape index (κ1) is 20.4. The summed E-state index contributed by atoms with van der Waals surface area (Å²) in [5.74, 6) is -1.31. The van der Waals surface area contributed by atoms with Gasteiger partial charge in [-0.05, 0) is 18.9 Å². The summed E-state index contributed by atoms with van der Waals surface area (Å²) in [6, 6.07) is 6.90. The topological polar surface area (TPSA) is 114 Å². The molecule has 8 heteroatoms. The molecule has 3 N–H and O–H groups in total. The lowest BCUT2D eigenvalue weighted by molar-refractivity contribution is -0.145. The molecule has 0 spiro atoms. The van der Waals surface area contributed by atoms with Gasteiger partial charge < -0.3 is 25.2 Å². The van der Waals surface area contributed by atoms with Crippen LogP contribution in [0.15, 0.2) is 30.3 Å². The van der Waals surface area contributed by atoms with E-state index in [1.807, 2.05) is 6.07 Å². The third kappa shape index (κ3) is 6.80. The van der Waals surface area contributed by atoms with E-state index in [-0.39, 0.29) is 6.61 Å². The van der Waals surface area contributed by atoms with Crippen LogP contribution < -0.4 is 10.6 Å². The van der Waals surface area contributed by atoms with Crippen molar-refractivity contribution >= 4 is 18.0 Å². The van der Waals surface area contributed by atoms with Gasteiger partial charge in [-0.3, -0.25) is 4.79 Å². The highest BCUT2D eigenvalue weighted by Crippen LogP contribution is 2.03. The maximum absolute atomic E-state index is 12.2. The van der Waals surface area contributed by atoms with Gasteiger partial charge >= 0.3 is 12.1 Å². The number of alkyl carbamates (subject to hydrolysis) is 1. The smallest absolute Gasteiger partial charge is 0.408 e. The molecule has 0 aliphatic heterocycles. The lowest BCUT2D eigenvalue weighted by Gasteiger charge is -2.23. The standard InChI is InChI=1S/C17H24N2O6/c1-4-13(16(22)24-3)18-15(21)14(11(2)20)19-17(23)25-10-12-8-6-5-7-9-12/h5-9,11,13-14,20H,4,10H2,1-3H3,(H,18,21)(H,19,23)/t11-,13-,14+/m1/s1. The van der Waals surface area contributed by atoms with Crippen LogP contribution in [0, 0.1) is 0 Å². The lowest BCUT2D eigenvalue weighted by Crippen LogP contribution is -2.55. The molecule has 1 aromatic carbocycles. The second-order valence-electron chi connectivity index (χ2n) is 5.42. The Morgan fingerprint density at radius 1 is 1.16 bits per heavy atom. The summed E-state index contributed by atoms with van der Waals surface area (Å²) >= 11 is 0. The molecule has 1 aromatic rings. The molecule has 0 heterocycles. The minimum Gasteiger partial charge on any atom is -0.467 e. The third-order valence-corrected chi connectivity index (χ3v) is 3.46. The second-order valence-corrected chi connectivity index (χ2v) is 5.42. The largest absolute Gasteiger partial charge is 0.467 e. The number of esters is 1. The zero-order chi connectivity index (χ0) is 18.8. The van der Waals surface area contributed by atoms with Gasteiger partial charge in [-0.1, -0.05) is 37.3 Å². The van der Waals surface area contributed by atoms with Crippen molar-refractivity contribution < 1.29 is 29.0 Å². The molecule has 0 fully saturated rings. The number of carbonyl (C=O) groups excluding carboxylic acids is 3. The number of methoxy groups -OCH3 is 1. The van der Waals surface area contributed by atoms with Crippen molar-refractivity contribution in [3.8, 4) is 0 Å². The number of carbonyl (C=O) groups is 3. The molecular weight excluding hydrogens is 328 g/mol. The number of benzene rings is 1. The van der Waals surface area contributed by atoms with Crippen LogP contribution in [0.2, 0.25) is 0 Å². The highest BCUT2D eigenvalue weighted by atomic mass is 16.5. The molecule has 0 radical (unpaired) electrons. The SMILES string of the molecule is CC[C@@H](NC(=O)[C@@H](NC(=O)OCc1ccccc1)[C@@H](C)O)C(=O)OC. The van der Waals surface area contributed by atoms with E-state index in [4.69, 9.17) is 4.74 Å². The third-order valence-electron chi connectivity index (χ3n) is 3.46. The molecule has 0 aromatic heterocycles. The highest BCUT2D eigenvalue weighted by Gasteiger charge is 2.29. The molecule has 8 nitrogen and oxygen atoms in total. The molecule has 0 saturated heterocycles. The normalized spacial score (nSPS) is 13.9. The van der Waals surface area contributed by atoms with Crippen LogP contribution >= 0.6 is 0 Å². The molecule has 0 aliphatic rings. The van der Waals surface area contributed by atoms with Gasteiger partial charge in [-0.2, -0.15) is 0 Å². The Hall–Kier alpha value is -2.61. The molecule has 0 bridgehead atoms. The molecule has 138 valence electrons. The van der Waals surface area contributed by atoms with Gasteiger partial charge in [0.1, 0.15) is 18.7 Å². The summed E-state index contributed by atoms with van der Waals surface area (Å²) in [6.07, 6.45) is -1.72. The summed E-state index contributed by atoms with van der Waals surface area (Å²) in [4.78, 5) is 35.6. The summed E-state index contributed by atoms with van der Waals surface area (Å²) < 4.78 is 9.61. The molecule has 25 heavy (non-hydrogen) atoms. The minimum absolute atomic E-state index is 0.0283. The van der Waals surface area contributed by atoms with E-state index < -0.39 is 36.2 Å². The number of amides is 2. The van der Waals surface area contributed by atoms with E-state index in [1.54, 1.807) is 31.2 Å². The number of aliphatic hydroxyl groups is 1. The summed E-state index contributed by atoms with van der Waals surface area (Å²) in [6.45, 7) is 3.07. The van der Waals surface area contributed by atoms with E-state index in [2.05, 4.69) is 15.4 Å². The number of aliphatic hydroxyl groups excluding tert-OH is 1. The van der Waals surface area contributed by atoms with Crippen LogP contribution in [-0.2, 0) is 25.7 Å². The lowest BCUT2D eigenvalue weighted by atomic mass is 10.1. The van der Waals surface area contributed by atoms with E-state index in [1.165, 1.54) is 14.0 Å². The van der Waals surface area contributed by atoms with Crippen molar-refractivity contribution in [2.75, 3.05) is 7.11 Å². The Morgan fingerprint density at radius 2 is 1.80 bits per heavy atom. The Balaban J connectivity index is 2.61. The van der Waals surface area contributed by atoms with Gasteiger partial charge in [0.15, 0.2) is 0 Å². The number of ether oxygens (including phenoxy) is 2. The van der Waals surface area contributed by atoms with Crippen molar-refractivity contribution in [1.82, 2.24) is 10.6 Å². The van der Waals surface area contributed by atoms with Gasteiger partial charge in [0.25, 0.3) is 0 Å². The molecule has 3 atom stereocenters. The average Bonchev–Trinajstić information content (AvgIpc) is 2.62. The first-order valence-corrected chi connectivity index (χ1v) is 7.92. The van der Waals surface area contributed by atoms with Crippen molar-refractivity contribution in [1.29, 1.82) is 0 Å². The summed E-state index contributed by atoms with van der Waals surface area (Å²) in [7, 11) is 1.21. The monoisotopic (exact) mass is 352 g/mol. The van der Waals surface area contributed by atoms with Crippen LogP contribution in [0.1, 0.15) is 25.8 Å². The first-order valence-electron chi connectivity index (χ1n) is 7.92. The van der Waals surface area contributed by atoms with Crippen LogP contribution in [0.3, 0.4) is 0 Å². The molecule has 0 aliphatic carbocycles. The van der Waals surface area contributed by atoms with Gasteiger partial charge in [-0.15, -0.1) is 0 Å². The summed E-state index contributed by atoms with van der Waals surface area (Å²) in [5.41, 5.74) is 0.785. The molecule has 0 unspecified atom stereocenters. The number of hydrogen-bond acceptors (Lipinski definition) is 6. The number of nitrogens with one attached hydrogen (secondary N) is 2. The van der Waals surface area contributed by atoms with E-state index in [0.717, 1.165) is 5.56 Å². The molecule has 0 saturated carbocycles. The Kier molecular flexibility index (Phi) is 8.42. The van der Waals surface area contributed by atoms with Gasteiger partial charge in [0.05, 0.1) is 13.2 Å². The Morgan fingerprint density at radius 3 is 2.32 bits per heavy atom.